The van der Waals surface area contributed by atoms with Crippen LogP contribution in [0, 0.1) is 16.0 Å². The number of hydrogen-bond donors (Lipinski definition) is 1. The Morgan fingerprint density at radius 3 is 2.59 bits per heavy atom. The molecule has 0 bridgehead atoms. The monoisotopic (exact) mass is 387 g/mol. The number of benzene rings is 2. The van der Waals surface area contributed by atoms with Crippen LogP contribution in [0.4, 0.5) is 11.4 Å². The molecule has 7 heteroatoms. The molecule has 0 aromatic heterocycles. The van der Waals surface area contributed by atoms with E-state index in [1.165, 1.54) is 6.07 Å². The van der Waals surface area contributed by atoms with Gasteiger partial charge in [0.05, 0.1) is 11.0 Å². The van der Waals surface area contributed by atoms with Crippen molar-refractivity contribution in [2.45, 2.75) is 25.8 Å². The third-order valence-corrected chi connectivity index (χ3v) is 5.23. The van der Waals surface area contributed by atoms with E-state index < -0.39 is 0 Å². The summed E-state index contributed by atoms with van der Waals surface area (Å²) in [6.45, 7) is 3.18. The fourth-order valence-electron chi connectivity index (χ4n) is 3.46. The fourth-order valence-corrected chi connectivity index (χ4v) is 3.66. The smallest absolute Gasteiger partial charge is 0.292 e. The predicted octanol–water partition coefficient (Wildman–Crippen LogP) is 4.34. The maximum atomic E-state index is 12.6. The van der Waals surface area contributed by atoms with Gasteiger partial charge in [0.2, 0.25) is 5.91 Å². The summed E-state index contributed by atoms with van der Waals surface area (Å²) in [7, 11) is 0. The molecule has 1 fully saturated rings. The second-order valence-corrected chi connectivity index (χ2v) is 7.23. The normalized spacial score (nSPS) is 16.0. The van der Waals surface area contributed by atoms with Crippen LogP contribution in [0.25, 0.3) is 0 Å². The number of piperidine rings is 1. The van der Waals surface area contributed by atoms with Crippen molar-refractivity contribution in [2.75, 3.05) is 18.0 Å². The molecule has 1 aliphatic heterocycles. The molecule has 1 aliphatic rings. The molecule has 1 saturated heterocycles. The van der Waals surface area contributed by atoms with Gasteiger partial charge in [-0.3, -0.25) is 14.9 Å². The molecule has 27 heavy (non-hydrogen) atoms. The van der Waals surface area contributed by atoms with E-state index in [2.05, 4.69) is 5.32 Å². The number of nitro groups is 1. The number of nitro benzene ring substituents is 1. The summed E-state index contributed by atoms with van der Waals surface area (Å²) < 4.78 is 0. The zero-order valence-corrected chi connectivity index (χ0v) is 15.9. The Morgan fingerprint density at radius 2 is 1.93 bits per heavy atom. The quantitative estimate of drug-likeness (QED) is 0.611. The minimum absolute atomic E-state index is 0.0182. The maximum Gasteiger partial charge on any atom is 0.292 e. The lowest BCUT2D eigenvalue weighted by molar-refractivity contribution is -0.384. The summed E-state index contributed by atoms with van der Waals surface area (Å²) in [5, 5.41) is 14.9. The van der Waals surface area contributed by atoms with Crippen LogP contribution in [-0.4, -0.2) is 23.9 Å². The molecule has 1 heterocycles. The van der Waals surface area contributed by atoms with Gasteiger partial charge in [-0.25, -0.2) is 0 Å². The Hall–Kier alpha value is -2.60. The predicted molar refractivity (Wildman–Crippen MR) is 106 cm³/mol. The van der Waals surface area contributed by atoms with E-state index in [-0.39, 0.29) is 28.5 Å². The first kappa shape index (κ1) is 19.2. The van der Waals surface area contributed by atoms with Crippen LogP contribution >= 0.6 is 11.6 Å². The lowest BCUT2D eigenvalue weighted by atomic mass is 9.94. The standard InChI is InChI=1S/C20H22ClN3O3/c1-14(16-5-4-6-17(21)13-16)22-20(25)15-9-11-23(12-10-15)18-7-2-3-8-19(18)24(26)27/h2-8,13-15H,9-12H2,1H3,(H,22,25)/t14-/m1/s1. The molecule has 1 atom stereocenters. The van der Waals surface area contributed by atoms with E-state index >= 15 is 0 Å². The summed E-state index contributed by atoms with van der Waals surface area (Å²) in [4.78, 5) is 25.5. The van der Waals surface area contributed by atoms with Crippen molar-refractivity contribution in [3.63, 3.8) is 0 Å². The summed E-state index contributed by atoms with van der Waals surface area (Å²) >= 11 is 6.02. The van der Waals surface area contributed by atoms with Crippen molar-refractivity contribution in [3.05, 3.63) is 69.2 Å². The molecule has 3 rings (SSSR count). The van der Waals surface area contributed by atoms with Crippen LogP contribution < -0.4 is 10.2 Å². The van der Waals surface area contributed by atoms with Crippen molar-refractivity contribution in [2.24, 2.45) is 5.92 Å². The number of para-hydroxylation sites is 2. The Bertz CT molecular complexity index is 835. The van der Waals surface area contributed by atoms with Gasteiger partial charge in [-0.15, -0.1) is 0 Å². The maximum absolute atomic E-state index is 12.6. The number of carbonyl (C=O) groups excluding carboxylic acids is 1. The molecule has 1 N–H and O–H groups in total. The molecular formula is C20H22ClN3O3. The van der Waals surface area contributed by atoms with E-state index in [0.29, 0.717) is 36.6 Å². The Morgan fingerprint density at radius 1 is 1.22 bits per heavy atom. The van der Waals surface area contributed by atoms with Gasteiger partial charge in [0.15, 0.2) is 0 Å². The Kier molecular flexibility index (Phi) is 5.96. The molecule has 0 radical (unpaired) electrons. The number of halogens is 1. The molecule has 0 unspecified atom stereocenters. The van der Waals surface area contributed by atoms with Gasteiger partial charge in [0.1, 0.15) is 5.69 Å². The van der Waals surface area contributed by atoms with Gasteiger partial charge in [-0.1, -0.05) is 35.9 Å². The molecular weight excluding hydrogens is 366 g/mol. The molecule has 1 amide bonds. The summed E-state index contributed by atoms with van der Waals surface area (Å²) in [5.74, 6) is -0.0738. The second-order valence-electron chi connectivity index (χ2n) is 6.79. The van der Waals surface area contributed by atoms with Gasteiger partial charge in [-0.05, 0) is 43.5 Å². The van der Waals surface area contributed by atoms with Crippen LogP contribution in [0.1, 0.15) is 31.4 Å². The van der Waals surface area contributed by atoms with Gasteiger partial charge in [0, 0.05) is 30.1 Å². The van der Waals surface area contributed by atoms with Crippen LogP contribution in [0.2, 0.25) is 5.02 Å². The highest BCUT2D eigenvalue weighted by Crippen LogP contribution is 2.31. The lowest BCUT2D eigenvalue weighted by Crippen LogP contribution is -2.41. The van der Waals surface area contributed by atoms with Gasteiger partial charge in [0.25, 0.3) is 5.69 Å². The molecule has 0 aliphatic carbocycles. The molecule has 0 saturated carbocycles. The minimum atomic E-state index is -0.360. The molecule has 142 valence electrons. The highest BCUT2D eigenvalue weighted by molar-refractivity contribution is 6.30. The molecule has 2 aromatic carbocycles. The first-order valence-corrected chi connectivity index (χ1v) is 9.37. The van der Waals surface area contributed by atoms with E-state index in [9.17, 15) is 14.9 Å². The van der Waals surface area contributed by atoms with Crippen LogP contribution in [-0.2, 0) is 4.79 Å². The first-order chi connectivity index (χ1) is 13.0. The third kappa shape index (κ3) is 4.57. The topological polar surface area (TPSA) is 75.5 Å². The van der Waals surface area contributed by atoms with Gasteiger partial charge < -0.3 is 10.2 Å². The van der Waals surface area contributed by atoms with Crippen molar-refractivity contribution in [1.82, 2.24) is 5.32 Å². The average molecular weight is 388 g/mol. The third-order valence-electron chi connectivity index (χ3n) is 4.99. The number of nitrogens with zero attached hydrogens (tertiary/aromatic N) is 2. The number of rotatable bonds is 5. The van der Waals surface area contributed by atoms with E-state index in [4.69, 9.17) is 11.6 Å². The highest BCUT2D eigenvalue weighted by atomic mass is 35.5. The zero-order valence-electron chi connectivity index (χ0n) is 15.1. The molecule has 2 aromatic rings. The van der Waals surface area contributed by atoms with Gasteiger partial charge >= 0.3 is 0 Å². The van der Waals surface area contributed by atoms with E-state index in [1.807, 2.05) is 30.0 Å². The second kappa shape index (κ2) is 8.39. The first-order valence-electron chi connectivity index (χ1n) is 9.00. The van der Waals surface area contributed by atoms with E-state index in [1.54, 1.807) is 24.3 Å². The number of carbonyl (C=O) groups is 1. The summed E-state index contributed by atoms with van der Waals surface area (Å²) in [5.41, 5.74) is 1.69. The van der Waals surface area contributed by atoms with Crippen molar-refractivity contribution >= 4 is 28.9 Å². The largest absolute Gasteiger partial charge is 0.366 e. The highest BCUT2D eigenvalue weighted by Gasteiger charge is 2.28. The van der Waals surface area contributed by atoms with Crippen LogP contribution in [0.5, 0.6) is 0 Å². The minimum Gasteiger partial charge on any atom is -0.366 e. The number of amides is 1. The van der Waals surface area contributed by atoms with E-state index in [0.717, 1.165) is 5.56 Å². The van der Waals surface area contributed by atoms with Crippen LogP contribution in [0.3, 0.4) is 0 Å². The van der Waals surface area contributed by atoms with Crippen LogP contribution in [0.15, 0.2) is 48.5 Å². The zero-order chi connectivity index (χ0) is 19.4. The Labute approximate surface area is 163 Å². The number of anilines is 1. The number of hydrogen-bond acceptors (Lipinski definition) is 4. The summed E-state index contributed by atoms with van der Waals surface area (Å²) in [6.07, 6.45) is 1.33. The summed E-state index contributed by atoms with van der Waals surface area (Å²) in [6, 6.07) is 14.1. The van der Waals surface area contributed by atoms with Crippen molar-refractivity contribution < 1.29 is 9.72 Å². The van der Waals surface area contributed by atoms with Crippen molar-refractivity contribution in [1.29, 1.82) is 0 Å². The molecule has 6 nitrogen and oxygen atoms in total. The molecule has 0 spiro atoms. The van der Waals surface area contributed by atoms with Gasteiger partial charge in [-0.2, -0.15) is 0 Å². The fraction of sp³-hybridized carbons (Fsp3) is 0.350. The number of nitrogens with one attached hydrogen (secondary N) is 1. The average Bonchev–Trinajstić information content (AvgIpc) is 2.68. The SMILES string of the molecule is C[C@@H](NC(=O)C1CCN(c2ccccc2[N+](=O)[O-])CC1)c1cccc(Cl)c1. The Balaban J connectivity index is 1.59. The van der Waals surface area contributed by atoms with Crippen molar-refractivity contribution in [3.8, 4) is 0 Å². The lowest BCUT2D eigenvalue weighted by Gasteiger charge is -2.33.